The Kier molecular flexibility index (Phi) is 5.65. The maximum atomic E-state index is 13.2. The van der Waals surface area contributed by atoms with Crippen LogP contribution in [0.25, 0.3) is 11.0 Å². The molecular formula is C23H25F2N7. The van der Waals surface area contributed by atoms with Gasteiger partial charge in [-0.2, -0.15) is 0 Å². The van der Waals surface area contributed by atoms with E-state index >= 15 is 0 Å². The van der Waals surface area contributed by atoms with E-state index in [4.69, 9.17) is 4.99 Å². The van der Waals surface area contributed by atoms with Crippen LogP contribution in [0.2, 0.25) is 0 Å². The Hall–Kier alpha value is -3.20. The van der Waals surface area contributed by atoms with Crippen molar-refractivity contribution in [3.05, 3.63) is 53.1 Å². The summed E-state index contributed by atoms with van der Waals surface area (Å²) >= 11 is 0. The average molecular weight is 437 g/mol. The van der Waals surface area contributed by atoms with Crippen molar-refractivity contribution in [1.82, 2.24) is 25.2 Å². The molecule has 0 radical (unpaired) electrons. The number of nitrogens with one attached hydrogen (secondary N) is 2. The second-order valence-corrected chi connectivity index (χ2v) is 8.19. The lowest BCUT2D eigenvalue weighted by molar-refractivity contribution is 0.147. The summed E-state index contributed by atoms with van der Waals surface area (Å²) in [4.78, 5) is 22.9. The van der Waals surface area contributed by atoms with Crippen LogP contribution in [0.15, 0.2) is 40.7 Å². The van der Waals surface area contributed by atoms with E-state index in [2.05, 4.69) is 36.9 Å². The Morgan fingerprint density at radius 3 is 2.78 bits per heavy atom. The van der Waals surface area contributed by atoms with Crippen molar-refractivity contribution in [2.24, 2.45) is 9.98 Å². The molecular weight excluding hydrogens is 412 g/mol. The third-order valence-corrected chi connectivity index (χ3v) is 6.06. The molecule has 2 N–H and O–H groups in total. The smallest absolute Gasteiger partial charge is 0.278 e. The van der Waals surface area contributed by atoms with Crippen LogP contribution < -0.4 is 5.32 Å². The molecule has 1 aliphatic heterocycles. The number of amidine groups is 1. The monoisotopic (exact) mass is 437 g/mol. The highest BCUT2D eigenvalue weighted by Gasteiger charge is 2.31. The topological polar surface area (TPSA) is 81.6 Å². The van der Waals surface area contributed by atoms with E-state index in [1.807, 2.05) is 12.3 Å². The zero-order chi connectivity index (χ0) is 22.1. The summed E-state index contributed by atoms with van der Waals surface area (Å²) in [6.45, 7) is 7.50. The van der Waals surface area contributed by atoms with Gasteiger partial charge >= 0.3 is 0 Å². The maximum absolute atomic E-state index is 13.2. The van der Waals surface area contributed by atoms with Crippen LogP contribution >= 0.6 is 0 Å². The normalized spacial score (nSPS) is 17.3. The van der Waals surface area contributed by atoms with Crippen molar-refractivity contribution in [2.75, 3.05) is 26.2 Å². The molecule has 1 saturated heterocycles. The van der Waals surface area contributed by atoms with Gasteiger partial charge in [0.15, 0.2) is 0 Å². The first-order valence-corrected chi connectivity index (χ1v) is 10.9. The second kappa shape index (κ2) is 8.74. The summed E-state index contributed by atoms with van der Waals surface area (Å²) in [5.74, 6) is 1.34. The highest BCUT2D eigenvalue weighted by Crippen LogP contribution is 2.43. The molecule has 32 heavy (non-hydrogen) atoms. The SMILES string of the molecule is C=Nc1cncc(C2CC2)c1C(=NCc1ccnc2[nH]c(C(F)F)cc12)N1CCNCC1. The predicted octanol–water partition coefficient (Wildman–Crippen LogP) is 3.96. The molecule has 2 fully saturated rings. The first-order chi connectivity index (χ1) is 15.7. The van der Waals surface area contributed by atoms with E-state index < -0.39 is 6.43 Å². The van der Waals surface area contributed by atoms with Gasteiger partial charge in [0, 0.05) is 49.5 Å². The molecule has 0 bridgehead atoms. The number of hydrogen-bond acceptors (Lipinski definition) is 5. The Labute approximate surface area is 184 Å². The van der Waals surface area contributed by atoms with Gasteiger partial charge in [0.2, 0.25) is 0 Å². The highest BCUT2D eigenvalue weighted by molar-refractivity contribution is 6.04. The Bertz CT molecular complexity index is 1160. The third kappa shape index (κ3) is 4.00. The summed E-state index contributed by atoms with van der Waals surface area (Å²) in [5, 5.41) is 4.05. The fourth-order valence-corrected chi connectivity index (χ4v) is 4.26. The largest absolute Gasteiger partial charge is 0.354 e. The molecule has 0 atom stereocenters. The van der Waals surface area contributed by atoms with Gasteiger partial charge in [-0.05, 0) is 48.7 Å². The van der Waals surface area contributed by atoms with Crippen LogP contribution in [0.1, 0.15) is 47.6 Å². The van der Waals surface area contributed by atoms with Gasteiger partial charge in [-0.1, -0.05) is 0 Å². The van der Waals surface area contributed by atoms with Crippen molar-refractivity contribution < 1.29 is 8.78 Å². The van der Waals surface area contributed by atoms with E-state index in [1.165, 1.54) is 6.07 Å². The van der Waals surface area contributed by atoms with Gasteiger partial charge in [0.1, 0.15) is 11.5 Å². The molecule has 0 aromatic carbocycles. The molecule has 4 heterocycles. The Morgan fingerprint density at radius 2 is 2.06 bits per heavy atom. The number of nitrogens with zero attached hydrogens (tertiary/aromatic N) is 5. The molecule has 0 spiro atoms. The Balaban J connectivity index is 1.59. The number of aromatic nitrogens is 3. The lowest BCUT2D eigenvalue weighted by Crippen LogP contribution is -2.47. The lowest BCUT2D eigenvalue weighted by Gasteiger charge is -2.32. The van der Waals surface area contributed by atoms with Crippen LogP contribution in [0.3, 0.4) is 0 Å². The number of hydrogen-bond donors (Lipinski definition) is 2. The number of halogens is 2. The number of alkyl halides is 2. The lowest BCUT2D eigenvalue weighted by atomic mass is 10.0. The quantitative estimate of drug-likeness (QED) is 0.452. The van der Waals surface area contributed by atoms with Crippen molar-refractivity contribution in [2.45, 2.75) is 31.7 Å². The minimum atomic E-state index is -2.57. The number of pyridine rings is 2. The maximum Gasteiger partial charge on any atom is 0.278 e. The molecule has 2 aliphatic rings. The van der Waals surface area contributed by atoms with Gasteiger partial charge in [0.25, 0.3) is 6.43 Å². The summed E-state index contributed by atoms with van der Waals surface area (Å²) < 4.78 is 26.4. The van der Waals surface area contributed by atoms with Crippen molar-refractivity contribution in [3.8, 4) is 0 Å². The molecule has 9 heteroatoms. The molecule has 7 nitrogen and oxygen atoms in total. The van der Waals surface area contributed by atoms with E-state index in [-0.39, 0.29) is 5.69 Å². The van der Waals surface area contributed by atoms with Crippen LogP contribution in [0.4, 0.5) is 14.5 Å². The third-order valence-electron chi connectivity index (χ3n) is 6.06. The van der Waals surface area contributed by atoms with Crippen LogP contribution in [0.5, 0.6) is 0 Å². The zero-order valence-electron chi connectivity index (χ0n) is 17.7. The molecule has 0 unspecified atom stereocenters. The van der Waals surface area contributed by atoms with Crippen molar-refractivity contribution in [3.63, 3.8) is 0 Å². The Morgan fingerprint density at radius 1 is 1.25 bits per heavy atom. The van der Waals surface area contributed by atoms with Gasteiger partial charge in [0.05, 0.1) is 24.1 Å². The molecule has 0 amide bonds. The van der Waals surface area contributed by atoms with Crippen LogP contribution in [-0.2, 0) is 6.54 Å². The summed E-state index contributed by atoms with van der Waals surface area (Å²) in [6, 6.07) is 3.31. The van der Waals surface area contributed by atoms with Crippen LogP contribution in [0, 0.1) is 0 Å². The highest BCUT2D eigenvalue weighted by atomic mass is 19.3. The molecule has 3 aromatic rings. The number of piperazine rings is 1. The van der Waals surface area contributed by atoms with E-state index in [9.17, 15) is 8.78 Å². The number of fused-ring (bicyclic) bond motifs is 1. The summed E-state index contributed by atoms with van der Waals surface area (Å²) in [6.07, 6.45) is 4.98. The summed E-state index contributed by atoms with van der Waals surface area (Å²) in [7, 11) is 0. The molecule has 1 saturated carbocycles. The number of aliphatic imine (C=N–C) groups is 2. The summed E-state index contributed by atoms with van der Waals surface area (Å²) in [5.41, 5.74) is 4.05. The fourth-order valence-electron chi connectivity index (χ4n) is 4.26. The second-order valence-electron chi connectivity index (χ2n) is 8.19. The fraction of sp³-hybridized carbons (Fsp3) is 0.391. The van der Waals surface area contributed by atoms with Crippen molar-refractivity contribution in [1.29, 1.82) is 0 Å². The van der Waals surface area contributed by atoms with Crippen molar-refractivity contribution >= 4 is 29.3 Å². The first kappa shape index (κ1) is 20.7. The average Bonchev–Trinajstić information content (AvgIpc) is 3.57. The van der Waals surface area contributed by atoms with E-state index in [0.29, 0.717) is 23.5 Å². The zero-order valence-corrected chi connectivity index (χ0v) is 17.7. The van der Waals surface area contributed by atoms with Gasteiger partial charge in [-0.25, -0.2) is 13.8 Å². The number of aromatic amines is 1. The predicted molar refractivity (Wildman–Crippen MR) is 121 cm³/mol. The van der Waals surface area contributed by atoms with Gasteiger partial charge in [-0.3, -0.25) is 15.0 Å². The van der Waals surface area contributed by atoms with E-state index in [0.717, 1.165) is 67.2 Å². The molecule has 166 valence electrons. The van der Waals surface area contributed by atoms with Gasteiger partial charge < -0.3 is 15.2 Å². The van der Waals surface area contributed by atoms with Crippen LogP contribution in [-0.4, -0.2) is 58.6 Å². The molecule has 3 aromatic heterocycles. The number of H-pyrrole nitrogens is 1. The molecule has 1 aliphatic carbocycles. The standard InChI is InChI=1S/C23H25F2N7/c1-26-19-13-28-12-17(14-2-3-14)20(19)23(32-8-6-27-7-9-32)30-11-15-4-5-29-22-16(15)10-18(31-22)21(24)25/h4-5,10,12-14,21,27H,1-3,6-9,11H2,(H,29,31). The van der Waals surface area contributed by atoms with Gasteiger partial charge in [-0.15, -0.1) is 0 Å². The van der Waals surface area contributed by atoms with E-state index in [1.54, 1.807) is 12.4 Å². The molecule has 5 rings (SSSR count). The minimum absolute atomic E-state index is 0.130. The minimum Gasteiger partial charge on any atom is -0.354 e. The number of rotatable bonds is 6. The first-order valence-electron chi connectivity index (χ1n) is 10.9.